The molecule has 2 N–H and O–H groups in total. The normalized spacial score (nSPS) is 11.1. The molecule has 0 aliphatic carbocycles. The molecule has 11 heteroatoms. The van der Waals surface area contributed by atoms with Crippen molar-refractivity contribution in [2.75, 3.05) is 32.2 Å². The van der Waals surface area contributed by atoms with Gasteiger partial charge in [-0.15, -0.1) is 11.3 Å². The number of thiophene rings is 1. The van der Waals surface area contributed by atoms with Gasteiger partial charge < -0.3 is 14.2 Å². The standard InChI is InChI=1S/C26H32N2O7S2/c1-33-22-17-20(18-23(34-2)26(22)35-3)19-11-13-21(14-12-19)28(37(31,32)25-10-8-16-36-25)15-7-5-4-6-9-24(29)27-30/h8,10-14,16-18,30H,4-7,9,15H2,1-3H3,(H,27,29). The second-order valence-electron chi connectivity index (χ2n) is 8.17. The molecule has 2 aromatic carbocycles. The van der Waals surface area contributed by atoms with E-state index < -0.39 is 15.9 Å². The molecule has 0 atom stereocenters. The van der Waals surface area contributed by atoms with Crippen molar-refractivity contribution in [3.8, 4) is 28.4 Å². The van der Waals surface area contributed by atoms with Crippen LogP contribution in [0.1, 0.15) is 32.1 Å². The molecule has 9 nitrogen and oxygen atoms in total. The fourth-order valence-electron chi connectivity index (χ4n) is 3.93. The summed E-state index contributed by atoms with van der Waals surface area (Å²) in [6.07, 6.45) is 2.97. The van der Waals surface area contributed by atoms with E-state index in [-0.39, 0.29) is 10.6 Å². The molecule has 200 valence electrons. The number of nitrogens with one attached hydrogen (secondary N) is 1. The Kier molecular flexibility index (Phi) is 10.2. The van der Waals surface area contributed by atoms with Crippen molar-refractivity contribution in [1.29, 1.82) is 0 Å². The predicted octanol–water partition coefficient (Wildman–Crippen LogP) is 5.09. The first kappa shape index (κ1) is 28.3. The van der Waals surface area contributed by atoms with E-state index in [0.29, 0.717) is 42.3 Å². The van der Waals surface area contributed by atoms with Gasteiger partial charge in [-0.1, -0.05) is 31.0 Å². The molecule has 0 aliphatic rings. The van der Waals surface area contributed by atoms with Gasteiger partial charge in [-0.3, -0.25) is 14.3 Å². The number of sulfonamides is 1. The van der Waals surface area contributed by atoms with Gasteiger partial charge in [0.1, 0.15) is 4.21 Å². The highest BCUT2D eigenvalue weighted by Gasteiger charge is 2.25. The number of hydrogen-bond donors (Lipinski definition) is 2. The van der Waals surface area contributed by atoms with Gasteiger partial charge >= 0.3 is 0 Å². The summed E-state index contributed by atoms with van der Waals surface area (Å²) < 4.78 is 44.9. The minimum atomic E-state index is -3.73. The second-order valence-corrected chi connectivity index (χ2v) is 11.2. The Morgan fingerprint density at radius 3 is 2.11 bits per heavy atom. The van der Waals surface area contributed by atoms with Crippen LogP contribution in [-0.4, -0.2) is 47.4 Å². The Balaban J connectivity index is 1.83. The van der Waals surface area contributed by atoms with Gasteiger partial charge in [-0.2, -0.15) is 0 Å². The van der Waals surface area contributed by atoms with Gasteiger partial charge in [0.05, 0.1) is 27.0 Å². The van der Waals surface area contributed by atoms with Crippen LogP contribution in [0.15, 0.2) is 58.1 Å². The van der Waals surface area contributed by atoms with Crippen LogP contribution >= 0.6 is 11.3 Å². The van der Waals surface area contributed by atoms with Crippen molar-refractivity contribution in [3.63, 3.8) is 0 Å². The van der Waals surface area contributed by atoms with Crippen molar-refractivity contribution in [2.24, 2.45) is 0 Å². The lowest BCUT2D eigenvalue weighted by Gasteiger charge is -2.24. The van der Waals surface area contributed by atoms with Crippen LogP contribution in [0.2, 0.25) is 0 Å². The molecular formula is C26H32N2O7S2. The molecule has 0 aliphatic heterocycles. The van der Waals surface area contributed by atoms with E-state index in [1.807, 2.05) is 24.3 Å². The Labute approximate surface area is 221 Å². The summed E-state index contributed by atoms with van der Waals surface area (Å²) in [6.45, 7) is 0.302. The zero-order chi connectivity index (χ0) is 26.8. The first-order chi connectivity index (χ1) is 17.8. The third-order valence-corrected chi connectivity index (χ3v) is 9.03. The van der Waals surface area contributed by atoms with E-state index >= 15 is 0 Å². The van der Waals surface area contributed by atoms with Gasteiger partial charge in [-0.25, -0.2) is 13.9 Å². The number of benzene rings is 2. The molecule has 0 spiro atoms. The second kappa shape index (κ2) is 13.3. The average Bonchev–Trinajstić information content (AvgIpc) is 3.48. The van der Waals surface area contributed by atoms with E-state index in [4.69, 9.17) is 19.4 Å². The number of rotatable bonds is 14. The van der Waals surface area contributed by atoms with Gasteiger partial charge in [0.2, 0.25) is 11.7 Å². The third kappa shape index (κ3) is 6.94. The average molecular weight is 549 g/mol. The summed E-state index contributed by atoms with van der Waals surface area (Å²) in [5.41, 5.74) is 3.87. The summed E-state index contributed by atoms with van der Waals surface area (Å²) in [5, 5.41) is 10.3. The van der Waals surface area contributed by atoms with Crippen molar-refractivity contribution in [1.82, 2.24) is 5.48 Å². The van der Waals surface area contributed by atoms with Crippen LogP contribution in [-0.2, 0) is 14.8 Å². The number of methoxy groups -OCH3 is 3. The predicted molar refractivity (Wildman–Crippen MR) is 143 cm³/mol. The van der Waals surface area contributed by atoms with Crippen LogP contribution in [0.3, 0.4) is 0 Å². The number of carbonyl (C=O) groups excluding carboxylic acids is 1. The van der Waals surface area contributed by atoms with Crippen LogP contribution in [0.4, 0.5) is 5.69 Å². The van der Waals surface area contributed by atoms with Crippen molar-refractivity contribution < 1.29 is 32.6 Å². The van der Waals surface area contributed by atoms with Crippen molar-refractivity contribution in [2.45, 2.75) is 36.3 Å². The summed E-state index contributed by atoms with van der Waals surface area (Å²) in [7, 11) is 0.923. The fourth-order valence-corrected chi connectivity index (χ4v) is 6.53. The van der Waals surface area contributed by atoms with E-state index in [1.54, 1.807) is 56.5 Å². The molecule has 0 unspecified atom stereocenters. The molecule has 0 saturated heterocycles. The maximum absolute atomic E-state index is 13.4. The van der Waals surface area contributed by atoms with E-state index in [0.717, 1.165) is 24.0 Å². The Morgan fingerprint density at radius 2 is 1.57 bits per heavy atom. The molecule has 1 heterocycles. The molecule has 3 aromatic rings. The maximum atomic E-state index is 13.4. The SMILES string of the molecule is COc1cc(-c2ccc(N(CCCCCCC(=O)NO)S(=O)(=O)c3cccs3)cc2)cc(OC)c1OC. The molecule has 0 saturated carbocycles. The molecule has 1 amide bonds. The zero-order valence-corrected chi connectivity index (χ0v) is 22.7. The summed E-state index contributed by atoms with van der Waals surface area (Å²) in [5.74, 6) is 1.13. The van der Waals surface area contributed by atoms with Gasteiger partial charge in [0.15, 0.2) is 11.5 Å². The maximum Gasteiger partial charge on any atom is 0.273 e. The monoisotopic (exact) mass is 548 g/mol. The third-order valence-electron chi connectivity index (χ3n) is 5.83. The molecule has 3 rings (SSSR count). The molecule has 37 heavy (non-hydrogen) atoms. The first-order valence-electron chi connectivity index (χ1n) is 11.7. The Hall–Kier alpha value is -3.28. The number of hydroxylamine groups is 1. The van der Waals surface area contributed by atoms with Gasteiger partial charge in [0.25, 0.3) is 10.0 Å². The number of amides is 1. The fraction of sp³-hybridized carbons (Fsp3) is 0.346. The molecular weight excluding hydrogens is 516 g/mol. The lowest BCUT2D eigenvalue weighted by Crippen LogP contribution is -2.31. The summed E-state index contributed by atoms with van der Waals surface area (Å²) >= 11 is 1.18. The van der Waals surface area contributed by atoms with Crippen LogP contribution < -0.4 is 24.0 Å². The molecule has 0 bridgehead atoms. The topological polar surface area (TPSA) is 114 Å². The first-order valence-corrected chi connectivity index (χ1v) is 14.1. The lowest BCUT2D eigenvalue weighted by atomic mass is 10.0. The van der Waals surface area contributed by atoms with Gasteiger partial charge in [0, 0.05) is 13.0 Å². The highest BCUT2D eigenvalue weighted by molar-refractivity contribution is 7.94. The minimum absolute atomic E-state index is 0.232. The lowest BCUT2D eigenvalue weighted by molar-refractivity contribution is -0.129. The number of nitrogens with zero attached hydrogens (tertiary/aromatic N) is 1. The molecule has 0 radical (unpaired) electrons. The Morgan fingerprint density at radius 1 is 0.919 bits per heavy atom. The number of anilines is 1. The van der Waals surface area contributed by atoms with Crippen LogP contribution in [0, 0.1) is 0 Å². The van der Waals surface area contributed by atoms with Crippen molar-refractivity contribution >= 4 is 33.0 Å². The highest BCUT2D eigenvalue weighted by atomic mass is 32.2. The van der Waals surface area contributed by atoms with E-state index in [9.17, 15) is 13.2 Å². The molecule has 1 aromatic heterocycles. The van der Waals surface area contributed by atoms with E-state index in [1.165, 1.54) is 15.6 Å². The number of ether oxygens (including phenoxy) is 3. The van der Waals surface area contributed by atoms with E-state index in [2.05, 4.69) is 0 Å². The quantitative estimate of drug-likeness (QED) is 0.164. The minimum Gasteiger partial charge on any atom is -0.493 e. The largest absolute Gasteiger partial charge is 0.493 e. The number of unbranched alkanes of at least 4 members (excludes halogenated alkanes) is 3. The van der Waals surface area contributed by atoms with Gasteiger partial charge in [-0.05, 0) is 59.7 Å². The van der Waals surface area contributed by atoms with Crippen molar-refractivity contribution in [3.05, 3.63) is 53.9 Å². The highest BCUT2D eigenvalue weighted by Crippen LogP contribution is 2.41. The number of hydrogen-bond acceptors (Lipinski definition) is 8. The summed E-state index contributed by atoms with van der Waals surface area (Å²) in [4.78, 5) is 11.2. The van der Waals surface area contributed by atoms with Crippen LogP contribution in [0.25, 0.3) is 11.1 Å². The number of carbonyl (C=O) groups is 1. The van der Waals surface area contributed by atoms with Crippen LogP contribution in [0.5, 0.6) is 17.2 Å². The smallest absolute Gasteiger partial charge is 0.273 e. The zero-order valence-electron chi connectivity index (χ0n) is 21.1. The molecule has 0 fully saturated rings. The summed E-state index contributed by atoms with van der Waals surface area (Å²) in [6, 6.07) is 14.3. The Bertz CT molecular complexity index is 1240.